The molecule has 0 radical (unpaired) electrons. The Morgan fingerprint density at radius 3 is 2.45 bits per heavy atom. The number of halogens is 4. The molecule has 1 aromatic rings. The lowest BCUT2D eigenvalue weighted by Gasteiger charge is -2.29. The van der Waals surface area contributed by atoms with Crippen molar-refractivity contribution in [1.29, 1.82) is 0 Å². The lowest BCUT2D eigenvalue weighted by Crippen LogP contribution is -2.38. The van der Waals surface area contributed by atoms with E-state index in [2.05, 4.69) is 22.7 Å². The van der Waals surface area contributed by atoms with Crippen molar-refractivity contribution in [3.8, 4) is 0 Å². The largest absolute Gasteiger partial charge is 0.534 e. The number of carbonyl (C=O) groups excluding carboxylic acids is 1. The van der Waals surface area contributed by atoms with E-state index in [1.807, 2.05) is 6.92 Å². The zero-order chi connectivity index (χ0) is 28.7. The number of piperidine rings is 1. The second-order valence-electron chi connectivity index (χ2n) is 8.83. The number of alkyl halides is 3. The molecule has 2 aliphatic rings. The molecule has 0 N–H and O–H groups in total. The van der Waals surface area contributed by atoms with Crippen molar-refractivity contribution >= 4 is 39.6 Å². The number of allylic oxidation sites excluding steroid dienone is 2. The second kappa shape index (κ2) is 13.3. The molecule has 0 spiro atoms. The highest BCUT2D eigenvalue weighted by atomic mass is 35.5. The van der Waals surface area contributed by atoms with Gasteiger partial charge in [-0.15, -0.1) is 0 Å². The number of fused-ring (bicyclic) bond motifs is 1. The third-order valence-corrected chi connectivity index (χ3v) is 7.18. The lowest BCUT2D eigenvalue weighted by molar-refractivity contribution is -0.0519. The fourth-order valence-electron chi connectivity index (χ4n) is 3.82. The van der Waals surface area contributed by atoms with Crippen LogP contribution < -0.4 is 0 Å². The van der Waals surface area contributed by atoms with Gasteiger partial charge in [-0.05, 0) is 61.9 Å². The van der Waals surface area contributed by atoms with Gasteiger partial charge >= 0.3 is 21.7 Å². The Morgan fingerprint density at radius 1 is 1.26 bits per heavy atom. The summed E-state index contributed by atoms with van der Waals surface area (Å²) in [7, 11) is -5.86. The van der Waals surface area contributed by atoms with Crippen LogP contribution >= 0.6 is 11.6 Å². The highest BCUT2D eigenvalue weighted by Gasteiger charge is 2.49. The molecule has 1 aliphatic heterocycles. The van der Waals surface area contributed by atoms with Gasteiger partial charge in [0.15, 0.2) is 5.76 Å². The first-order chi connectivity index (χ1) is 17.7. The van der Waals surface area contributed by atoms with Crippen LogP contribution in [0.25, 0.3) is 6.08 Å². The zero-order valence-electron chi connectivity index (χ0n) is 21.7. The maximum Gasteiger partial charge on any atom is 0.534 e. The molecule has 210 valence electrons. The molecule has 1 unspecified atom stereocenters. The van der Waals surface area contributed by atoms with Crippen molar-refractivity contribution in [3.63, 3.8) is 0 Å². The molecule has 1 heterocycles. The molecule has 7 nitrogen and oxygen atoms in total. The molecule has 12 heteroatoms. The maximum absolute atomic E-state index is 12.7. The summed E-state index contributed by atoms with van der Waals surface area (Å²) in [6.07, 6.45) is 6.30. The molecular formula is C26H32ClF3N2O5S. The number of amides is 1. The number of hydrogen-bond donors (Lipinski definition) is 0. The van der Waals surface area contributed by atoms with Gasteiger partial charge in [-0.2, -0.15) is 21.6 Å². The van der Waals surface area contributed by atoms with E-state index in [1.54, 1.807) is 37.0 Å². The summed E-state index contributed by atoms with van der Waals surface area (Å²) in [5.41, 5.74) is -4.22. The predicted molar refractivity (Wildman–Crippen MR) is 142 cm³/mol. The fourth-order valence-corrected chi connectivity index (χ4v) is 4.48. The van der Waals surface area contributed by atoms with Crippen LogP contribution in [0.1, 0.15) is 57.6 Å². The van der Waals surface area contributed by atoms with Crippen LogP contribution in [0.4, 0.5) is 18.0 Å². The van der Waals surface area contributed by atoms with Crippen molar-refractivity contribution in [2.75, 3.05) is 19.7 Å². The summed E-state index contributed by atoms with van der Waals surface area (Å²) in [5, 5.41) is 0.338. The SMILES string of the molecule is C=C1C(OS(=O)(=O)C(F)(F)F)=Cc2cc(Cl)ccc2C(C)C1=N/C=C\C.CCOC(=O)N1CCC(C)CC1. The topological polar surface area (TPSA) is 85.3 Å². The standard InChI is InChI=1S/C17H15ClF3NO3S.C9H17NO2/c1-4-7-22-16-10(2)14-6-5-13(18)8-12(14)9-15(11(16)3)25-26(23,24)17(19,20)21;1-3-12-9(11)10-6-4-8(2)5-7-10/h4-10H,3H2,1-2H3;8H,3-7H2,1-2H3/b7-4-,22-16?;. The summed E-state index contributed by atoms with van der Waals surface area (Å²) in [5.74, 6) is -0.175. The van der Waals surface area contributed by atoms with Crippen LogP contribution in [0.2, 0.25) is 5.02 Å². The van der Waals surface area contributed by atoms with E-state index in [4.69, 9.17) is 16.3 Å². The van der Waals surface area contributed by atoms with E-state index >= 15 is 0 Å². The first-order valence-corrected chi connectivity index (χ1v) is 13.8. The number of ether oxygens (including phenoxy) is 1. The average Bonchev–Trinajstić information content (AvgIpc) is 2.92. The van der Waals surface area contributed by atoms with Crippen molar-refractivity contribution < 1.29 is 35.3 Å². The highest BCUT2D eigenvalue weighted by Crippen LogP contribution is 2.37. The quantitative estimate of drug-likeness (QED) is 0.283. The average molecular weight is 577 g/mol. The highest BCUT2D eigenvalue weighted by molar-refractivity contribution is 7.87. The van der Waals surface area contributed by atoms with Gasteiger partial charge in [-0.3, -0.25) is 4.99 Å². The minimum Gasteiger partial charge on any atom is -0.450 e. The molecule has 0 bridgehead atoms. The van der Waals surface area contributed by atoms with E-state index in [9.17, 15) is 26.4 Å². The zero-order valence-corrected chi connectivity index (χ0v) is 23.3. The van der Waals surface area contributed by atoms with Crippen LogP contribution in [0.5, 0.6) is 0 Å². The molecule has 3 rings (SSSR count). The smallest absolute Gasteiger partial charge is 0.450 e. The first-order valence-electron chi connectivity index (χ1n) is 12.0. The van der Waals surface area contributed by atoms with Crippen LogP contribution in [-0.2, 0) is 19.0 Å². The Morgan fingerprint density at radius 2 is 1.89 bits per heavy atom. The molecule has 1 atom stereocenters. The molecule has 0 saturated carbocycles. The van der Waals surface area contributed by atoms with Gasteiger partial charge in [-0.1, -0.05) is 44.2 Å². The minimum absolute atomic E-state index is 0.0595. The third kappa shape index (κ3) is 8.10. The second-order valence-corrected chi connectivity index (χ2v) is 10.8. The minimum atomic E-state index is -5.86. The van der Waals surface area contributed by atoms with E-state index in [1.165, 1.54) is 18.3 Å². The summed E-state index contributed by atoms with van der Waals surface area (Å²) < 4.78 is 70.3. The summed E-state index contributed by atoms with van der Waals surface area (Å²) in [4.78, 5) is 17.2. The van der Waals surface area contributed by atoms with Gasteiger partial charge in [0.25, 0.3) is 0 Å². The summed E-state index contributed by atoms with van der Waals surface area (Å²) in [6.45, 7) is 13.4. The van der Waals surface area contributed by atoms with E-state index < -0.39 is 21.4 Å². The Hall–Kier alpha value is -2.79. The van der Waals surface area contributed by atoms with Crippen molar-refractivity contribution in [2.45, 2.75) is 52.0 Å². The Balaban J connectivity index is 0.000000352. The maximum atomic E-state index is 12.7. The number of aliphatic imine (C=N–C) groups is 1. The number of nitrogens with zero attached hydrogens (tertiary/aromatic N) is 2. The fraction of sp³-hybridized carbons (Fsp3) is 0.462. The molecule has 1 amide bonds. The Kier molecular flexibility index (Phi) is 11.0. The van der Waals surface area contributed by atoms with Crippen molar-refractivity contribution in [2.24, 2.45) is 10.9 Å². The van der Waals surface area contributed by atoms with E-state index in [0.29, 0.717) is 22.8 Å². The lowest BCUT2D eigenvalue weighted by atomic mass is 9.91. The summed E-state index contributed by atoms with van der Waals surface area (Å²) >= 11 is 5.96. The van der Waals surface area contributed by atoms with Crippen molar-refractivity contribution in [3.05, 3.63) is 64.5 Å². The molecular weight excluding hydrogens is 545 g/mol. The van der Waals surface area contributed by atoms with Gasteiger partial charge in [-0.25, -0.2) is 4.79 Å². The summed E-state index contributed by atoms with van der Waals surface area (Å²) in [6, 6.07) is 4.82. The number of benzene rings is 1. The van der Waals surface area contributed by atoms with Crippen LogP contribution in [0.3, 0.4) is 0 Å². The number of carbonyl (C=O) groups is 1. The van der Waals surface area contributed by atoms with Crippen LogP contribution in [0, 0.1) is 5.92 Å². The van der Waals surface area contributed by atoms with E-state index in [0.717, 1.165) is 31.8 Å². The molecule has 38 heavy (non-hydrogen) atoms. The van der Waals surface area contributed by atoms with Gasteiger partial charge in [0.2, 0.25) is 0 Å². The normalized spacial score (nSPS) is 19.8. The number of likely N-dealkylation sites (tertiary alicyclic amines) is 1. The van der Waals surface area contributed by atoms with Crippen LogP contribution in [0.15, 0.2) is 53.4 Å². The Bertz CT molecular complexity index is 1220. The van der Waals surface area contributed by atoms with Gasteiger partial charge in [0.1, 0.15) is 0 Å². The monoisotopic (exact) mass is 576 g/mol. The van der Waals surface area contributed by atoms with Crippen LogP contribution in [-0.4, -0.2) is 50.3 Å². The van der Waals surface area contributed by atoms with Gasteiger partial charge < -0.3 is 13.8 Å². The molecule has 1 saturated heterocycles. The van der Waals surface area contributed by atoms with E-state index in [-0.39, 0.29) is 23.3 Å². The van der Waals surface area contributed by atoms with Gasteiger partial charge in [0, 0.05) is 35.8 Å². The molecule has 0 aromatic heterocycles. The molecule has 1 aromatic carbocycles. The molecule has 1 fully saturated rings. The number of hydrogen-bond acceptors (Lipinski definition) is 6. The third-order valence-electron chi connectivity index (χ3n) is 5.97. The first kappa shape index (κ1) is 31.4. The van der Waals surface area contributed by atoms with Crippen molar-refractivity contribution in [1.82, 2.24) is 4.90 Å². The predicted octanol–water partition coefficient (Wildman–Crippen LogP) is 7.07. The Labute approximate surface area is 226 Å². The molecule has 1 aliphatic carbocycles. The number of rotatable bonds is 4. The van der Waals surface area contributed by atoms with Gasteiger partial charge in [0.05, 0.1) is 12.3 Å².